The summed E-state index contributed by atoms with van der Waals surface area (Å²) in [5.41, 5.74) is 1.14. The van der Waals surface area contributed by atoms with E-state index in [1.54, 1.807) is 0 Å². The Kier molecular flexibility index (Phi) is 3.86. The molecule has 0 bridgehead atoms. The Bertz CT molecular complexity index is 619. The van der Waals surface area contributed by atoms with Gasteiger partial charge >= 0.3 is 5.97 Å². The molecule has 5 rings (SSSR count). The Morgan fingerprint density at radius 2 is 1.92 bits per heavy atom. The molecule has 3 nitrogen and oxygen atoms in total. The Morgan fingerprint density at radius 3 is 2.71 bits per heavy atom. The molecule has 2 aliphatic carbocycles. The lowest BCUT2D eigenvalue weighted by atomic mass is 9.82. The molecule has 4 fully saturated rings. The number of benzene rings is 1. The van der Waals surface area contributed by atoms with Crippen molar-refractivity contribution in [1.29, 1.82) is 0 Å². The van der Waals surface area contributed by atoms with Crippen molar-refractivity contribution in [2.45, 2.75) is 67.3 Å². The number of thioether (sulfide) groups is 1. The maximum atomic E-state index is 12.8. The van der Waals surface area contributed by atoms with Crippen LogP contribution in [-0.4, -0.2) is 28.7 Å². The predicted molar refractivity (Wildman–Crippen MR) is 93.8 cm³/mol. The van der Waals surface area contributed by atoms with Gasteiger partial charge in [0.2, 0.25) is 0 Å². The Morgan fingerprint density at radius 1 is 1.04 bits per heavy atom. The van der Waals surface area contributed by atoms with Crippen LogP contribution in [0, 0.1) is 11.8 Å². The number of ether oxygens (including phenoxy) is 2. The third-order valence-electron chi connectivity index (χ3n) is 6.18. The molecule has 0 aromatic heterocycles. The van der Waals surface area contributed by atoms with Crippen LogP contribution in [0.1, 0.15) is 50.2 Å². The fraction of sp³-hybridized carbons (Fsp3) is 0.650. The predicted octanol–water partition coefficient (Wildman–Crippen LogP) is 4.12. The smallest absolute Gasteiger partial charge is 0.309 e. The normalized spacial score (nSPS) is 40.8. The molecule has 7 unspecified atom stereocenters. The molecule has 128 valence electrons. The highest BCUT2D eigenvalue weighted by Gasteiger charge is 2.48. The number of esters is 1. The summed E-state index contributed by atoms with van der Waals surface area (Å²) < 4.78 is 11.8. The molecule has 24 heavy (non-hydrogen) atoms. The number of epoxide rings is 1. The van der Waals surface area contributed by atoms with Crippen LogP contribution >= 0.6 is 11.8 Å². The van der Waals surface area contributed by atoms with Crippen LogP contribution in [0.25, 0.3) is 0 Å². The van der Waals surface area contributed by atoms with Crippen LogP contribution in [-0.2, 0) is 14.3 Å². The van der Waals surface area contributed by atoms with Gasteiger partial charge in [-0.3, -0.25) is 4.79 Å². The summed E-state index contributed by atoms with van der Waals surface area (Å²) in [5.74, 6) is 0.543. The average molecular weight is 344 g/mol. The zero-order valence-corrected chi connectivity index (χ0v) is 14.6. The highest BCUT2D eigenvalue weighted by atomic mass is 32.2. The molecule has 0 amide bonds. The minimum atomic E-state index is -0.103. The molecule has 0 spiro atoms. The van der Waals surface area contributed by atoms with Crippen LogP contribution in [0.15, 0.2) is 30.3 Å². The summed E-state index contributed by atoms with van der Waals surface area (Å²) >= 11 is 2.05. The van der Waals surface area contributed by atoms with Crippen molar-refractivity contribution in [3.05, 3.63) is 35.9 Å². The number of fused-ring (bicyclic) bond motifs is 2. The average Bonchev–Trinajstić information content (AvgIpc) is 3.53. The van der Waals surface area contributed by atoms with Crippen molar-refractivity contribution in [3.8, 4) is 0 Å². The minimum absolute atomic E-state index is 0.0358. The molecule has 1 aromatic carbocycles. The first kappa shape index (κ1) is 15.3. The minimum Gasteiger partial charge on any atom is -0.457 e. The number of rotatable bonds is 4. The second-order valence-electron chi connectivity index (χ2n) is 7.78. The molecular weight excluding hydrogens is 320 g/mol. The zero-order chi connectivity index (χ0) is 16.1. The third kappa shape index (κ3) is 2.99. The zero-order valence-electron chi connectivity index (χ0n) is 13.8. The Hall–Kier alpha value is -1.00. The van der Waals surface area contributed by atoms with E-state index in [-0.39, 0.29) is 18.0 Å². The molecule has 0 radical (unpaired) electrons. The van der Waals surface area contributed by atoms with Gasteiger partial charge in [0.05, 0.1) is 18.1 Å². The highest BCUT2D eigenvalue weighted by Crippen LogP contribution is 2.53. The largest absolute Gasteiger partial charge is 0.457 e. The molecule has 4 aliphatic rings. The van der Waals surface area contributed by atoms with Crippen molar-refractivity contribution >= 4 is 17.7 Å². The van der Waals surface area contributed by atoms with Crippen LogP contribution in [0.3, 0.4) is 0 Å². The van der Waals surface area contributed by atoms with Crippen molar-refractivity contribution in [2.24, 2.45) is 11.8 Å². The van der Waals surface area contributed by atoms with Crippen molar-refractivity contribution in [1.82, 2.24) is 0 Å². The van der Waals surface area contributed by atoms with E-state index in [1.807, 2.05) is 30.0 Å². The van der Waals surface area contributed by atoms with Gasteiger partial charge in [0.15, 0.2) is 0 Å². The molecule has 7 atom stereocenters. The first-order valence-corrected chi connectivity index (χ1v) is 10.3. The van der Waals surface area contributed by atoms with Crippen LogP contribution in [0.4, 0.5) is 0 Å². The van der Waals surface area contributed by atoms with Gasteiger partial charge in [-0.2, -0.15) is 11.8 Å². The van der Waals surface area contributed by atoms with Gasteiger partial charge in [0.1, 0.15) is 6.10 Å². The van der Waals surface area contributed by atoms with Crippen molar-refractivity contribution < 1.29 is 14.3 Å². The lowest BCUT2D eigenvalue weighted by molar-refractivity contribution is -0.159. The van der Waals surface area contributed by atoms with Gasteiger partial charge in [0.25, 0.3) is 0 Å². The fourth-order valence-electron chi connectivity index (χ4n) is 4.63. The van der Waals surface area contributed by atoms with Gasteiger partial charge in [-0.05, 0) is 44.1 Å². The molecule has 0 N–H and O–H groups in total. The standard InChI is InChI=1S/C20H24O3S/c21-20(14-7-9-17-18(11-14)24-17)23-19(12-4-2-1-3-5-12)13-6-8-15-16(10-13)22-15/h1-5,13-19H,6-11H2. The first-order chi connectivity index (χ1) is 11.8. The van der Waals surface area contributed by atoms with Gasteiger partial charge in [0, 0.05) is 16.4 Å². The lowest BCUT2D eigenvalue weighted by Crippen LogP contribution is -2.29. The first-order valence-electron chi connectivity index (χ1n) is 9.34. The maximum absolute atomic E-state index is 12.8. The van der Waals surface area contributed by atoms with Crippen LogP contribution in [0.5, 0.6) is 0 Å². The van der Waals surface area contributed by atoms with Gasteiger partial charge < -0.3 is 9.47 Å². The molecule has 2 saturated carbocycles. The van der Waals surface area contributed by atoms with E-state index < -0.39 is 0 Å². The SMILES string of the molecule is O=C(OC(c1ccccc1)C1CCC2OC2C1)C1CCC2SC2C1. The second kappa shape index (κ2) is 6.06. The van der Waals surface area contributed by atoms with E-state index in [0.717, 1.165) is 48.2 Å². The monoisotopic (exact) mass is 344 g/mol. The quantitative estimate of drug-likeness (QED) is 0.608. The number of hydrogen-bond donors (Lipinski definition) is 0. The third-order valence-corrected chi connectivity index (χ3v) is 7.65. The van der Waals surface area contributed by atoms with E-state index in [1.165, 1.54) is 6.42 Å². The van der Waals surface area contributed by atoms with Crippen LogP contribution < -0.4 is 0 Å². The van der Waals surface area contributed by atoms with Gasteiger partial charge in [-0.1, -0.05) is 30.3 Å². The number of carbonyl (C=O) groups excluding carboxylic acids is 1. The summed E-state index contributed by atoms with van der Waals surface area (Å²) in [6.07, 6.45) is 7.24. The van der Waals surface area contributed by atoms with E-state index in [0.29, 0.717) is 18.1 Å². The van der Waals surface area contributed by atoms with E-state index >= 15 is 0 Å². The fourth-order valence-corrected chi connectivity index (χ4v) is 5.85. The number of hydrogen-bond acceptors (Lipinski definition) is 4. The second-order valence-corrected chi connectivity index (χ2v) is 9.26. The summed E-state index contributed by atoms with van der Waals surface area (Å²) in [6.45, 7) is 0. The van der Waals surface area contributed by atoms with E-state index in [2.05, 4.69) is 12.1 Å². The summed E-state index contributed by atoms with van der Waals surface area (Å²) in [6, 6.07) is 10.3. The van der Waals surface area contributed by atoms with E-state index in [4.69, 9.17) is 9.47 Å². The van der Waals surface area contributed by atoms with Gasteiger partial charge in [-0.25, -0.2) is 0 Å². The molecule has 2 heterocycles. The highest BCUT2D eigenvalue weighted by molar-refractivity contribution is 8.07. The van der Waals surface area contributed by atoms with Crippen LogP contribution in [0.2, 0.25) is 0 Å². The van der Waals surface area contributed by atoms with E-state index in [9.17, 15) is 4.79 Å². The molecule has 4 heteroatoms. The van der Waals surface area contributed by atoms with Crippen molar-refractivity contribution in [3.63, 3.8) is 0 Å². The summed E-state index contributed by atoms with van der Waals surface area (Å²) in [4.78, 5) is 12.8. The van der Waals surface area contributed by atoms with Gasteiger partial charge in [-0.15, -0.1) is 0 Å². The number of carbonyl (C=O) groups is 1. The molecule has 2 saturated heterocycles. The molecular formula is C20H24O3S. The topological polar surface area (TPSA) is 38.8 Å². The lowest BCUT2D eigenvalue weighted by Gasteiger charge is -2.30. The Labute approximate surface area is 147 Å². The summed E-state index contributed by atoms with van der Waals surface area (Å²) in [7, 11) is 0. The van der Waals surface area contributed by atoms with Crippen molar-refractivity contribution in [2.75, 3.05) is 0 Å². The molecule has 1 aromatic rings. The Balaban J connectivity index is 1.31. The molecule has 2 aliphatic heterocycles. The summed E-state index contributed by atoms with van der Waals surface area (Å²) in [5, 5.41) is 1.56. The maximum Gasteiger partial charge on any atom is 0.309 e.